The van der Waals surface area contributed by atoms with Crippen molar-refractivity contribution in [1.82, 2.24) is 4.98 Å². The summed E-state index contributed by atoms with van der Waals surface area (Å²) in [4.78, 5) is 6.62. The van der Waals surface area contributed by atoms with Gasteiger partial charge in [-0.25, -0.2) is 0 Å². The summed E-state index contributed by atoms with van der Waals surface area (Å²) in [6.07, 6.45) is 4.14. The molecule has 1 unspecified atom stereocenters. The molecule has 1 aromatic carbocycles. The Hall–Kier alpha value is -1.54. The second-order valence-electron chi connectivity index (χ2n) is 5.24. The van der Waals surface area contributed by atoms with E-state index in [2.05, 4.69) is 35.9 Å². The highest BCUT2D eigenvalue weighted by atomic mass is 35.5. The molecule has 0 spiro atoms. The maximum Gasteiger partial charge on any atom is 0.0642 e. The zero-order valence-corrected chi connectivity index (χ0v) is 13.1. The molecule has 0 saturated heterocycles. The molecule has 0 bridgehead atoms. The average Bonchev–Trinajstić information content (AvgIpc) is 2.47. The van der Waals surface area contributed by atoms with Gasteiger partial charge in [-0.3, -0.25) is 4.98 Å². The van der Waals surface area contributed by atoms with Crippen LogP contribution in [0.15, 0.2) is 42.6 Å². The molecule has 20 heavy (non-hydrogen) atoms. The fraction of sp³-hybridized carbons (Fsp3) is 0.353. The van der Waals surface area contributed by atoms with Crippen molar-refractivity contribution in [2.24, 2.45) is 5.92 Å². The lowest BCUT2D eigenvalue weighted by Crippen LogP contribution is -2.10. The molecule has 2 nitrogen and oxygen atoms in total. The molecule has 0 fully saturated rings. The van der Waals surface area contributed by atoms with Gasteiger partial charge in [0, 0.05) is 12.7 Å². The topological polar surface area (TPSA) is 16.1 Å². The molecular weight excluding hydrogens is 268 g/mol. The summed E-state index contributed by atoms with van der Waals surface area (Å²) in [5, 5.41) is 0.749. The highest BCUT2D eigenvalue weighted by molar-refractivity contribution is 6.33. The van der Waals surface area contributed by atoms with Crippen molar-refractivity contribution in [3.05, 3.63) is 53.3 Å². The molecule has 0 aliphatic carbocycles. The van der Waals surface area contributed by atoms with Crippen LogP contribution in [0, 0.1) is 5.92 Å². The van der Waals surface area contributed by atoms with E-state index in [4.69, 9.17) is 11.6 Å². The van der Waals surface area contributed by atoms with E-state index in [1.807, 2.05) is 37.5 Å². The standard InChI is InChI=1S/C17H21ClN2/c1-4-13(2)11-14-9-10-15(12-19-14)20(3)17-8-6-5-7-16(17)18/h5-10,12-13H,4,11H2,1-3H3. The van der Waals surface area contributed by atoms with E-state index in [0.29, 0.717) is 5.92 Å². The predicted molar refractivity (Wildman–Crippen MR) is 86.9 cm³/mol. The van der Waals surface area contributed by atoms with Crippen molar-refractivity contribution in [2.75, 3.05) is 11.9 Å². The van der Waals surface area contributed by atoms with E-state index < -0.39 is 0 Å². The first-order valence-corrected chi connectivity index (χ1v) is 7.42. The molecule has 3 heteroatoms. The quantitative estimate of drug-likeness (QED) is 0.762. The monoisotopic (exact) mass is 288 g/mol. The largest absolute Gasteiger partial charge is 0.342 e. The number of rotatable bonds is 5. The molecule has 1 heterocycles. The Labute approximate surface area is 126 Å². The average molecular weight is 289 g/mol. The van der Waals surface area contributed by atoms with Crippen LogP contribution in [-0.2, 0) is 6.42 Å². The first-order chi connectivity index (χ1) is 9.61. The number of nitrogens with zero attached hydrogens (tertiary/aromatic N) is 2. The Morgan fingerprint density at radius 1 is 1.20 bits per heavy atom. The minimum absolute atomic E-state index is 0.676. The van der Waals surface area contributed by atoms with Crippen LogP contribution in [0.5, 0.6) is 0 Å². The van der Waals surface area contributed by atoms with Gasteiger partial charge >= 0.3 is 0 Å². The van der Waals surface area contributed by atoms with Gasteiger partial charge in [-0.1, -0.05) is 44.0 Å². The van der Waals surface area contributed by atoms with E-state index in [1.54, 1.807) is 0 Å². The van der Waals surface area contributed by atoms with Crippen LogP contribution in [0.4, 0.5) is 11.4 Å². The van der Waals surface area contributed by atoms with Gasteiger partial charge in [-0.2, -0.15) is 0 Å². The van der Waals surface area contributed by atoms with Gasteiger partial charge in [0.25, 0.3) is 0 Å². The summed E-state index contributed by atoms with van der Waals surface area (Å²) in [5.74, 6) is 0.676. The molecule has 106 valence electrons. The summed E-state index contributed by atoms with van der Waals surface area (Å²) in [7, 11) is 2.01. The van der Waals surface area contributed by atoms with E-state index in [0.717, 1.165) is 28.5 Å². The fourth-order valence-corrected chi connectivity index (χ4v) is 2.36. The second kappa shape index (κ2) is 6.76. The molecular formula is C17H21ClN2. The number of hydrogen-bond acceptors (Lipinski definition) is 2. The number of para-hydroxylation sites is 1. The maximum absolute atomic E-state index is 6.23. The van der Waals surface area contributed by atoms with Gasteiger partial charge in [-0.15, -0.1) is 0 Å². The minimum atomic E-state index is 0.676. The molecule has 0 aliphatic heterocycles. The van der Waals surface area contributed by atoms with Crippen LogP contribution in [-0.4, -0.2) is 12.0 Å². The van der Waals surface area contributed by atoms with Crippen LogP contribution in [0.2, 0.25) is 5.02 Å². The summed E-state index contributed by atoms with van der Waals surface area (Å²) < 4.78 is 0. The van der Waals surface area contributed by atoms with Crippen molar-refractivity contribution < 1.29 is 0 Å². The Morgan fingerprint density at radius 2 is 1.95 bits per heavy atom. The molecule has 2 aromatic rings. The molecule has 1 aromatic heterocycles. The molecule has 1 atom stereocenters. The van der Waals surface area contributed by atoms with Crippen molar-refractivity contribution in [3.63, 3.8) is 0 Å². The minimum Gasteiger partial charge on any atom is -0.342 e. The van der Waals surface area contributed by atoms with Crippen LogP contribution in [0.1, 0.15) is 26.0 Å². The van der Waals surface area contributed by atoms with Crippen molar-refractivity contribution in [2.45, 2.75) is 26.7 Å². The van der Waals surface area contributed by atoms with Crippen molar-refractivity contribution in [3.8, 4) is 0 Å². The van der Waals surface area contributed by atoms with E-state index in [9.17, 15) is 0 Å². The Bertz CT molecular complexity index is 551. The lowest BCUT2D eigenvalue weighted by atomic mass is 10.0. The van der Waals surface area contributed by atoms with E-state index >= 15 is 0 Å². The van der Waals surface area contributed by atoms with Crippen LogP contribution in [0.25, 0.3) is 0 Å². The SMILES string of the molecule is CCC(C)Cc1ccc(N(C)c2ccccc2Cl)cn1. The highest BCUT2D eigenvalue weighted by Crippen LogP contribution is 2.29. The smallest absolute Gasteiger partial charge is 0.0642 e. The van der Waals surface area contributed by atoms with Crippen LogP contribution >= 0.6 is 11.6 Å². The van der Waals surface area contributed by atoms with E-state index in [1.165, 1.54) is 6.42 Å². The summed E-state index contributed by atoms with van der Waals surface area (Å²) >= 11 is 6.23. The predicted octanol–water partition coefficient (Wildman–Crippen LogP) is 5.09. The lowest BCUT2D eigenvalue weighted by Gasteiger charge is -2.20. The van der Waals surface area contributed by atoms with Crippen molar-refractivity contribution in [1.29, 1.82) is 0 Å². The molecule has 2 rings (SSSR count). The molecule has 0 amide bonds. The second-order valence-corrected chi connectivity index (χ2v) is 5.64. The van der Waals surface area contributed by atoms with Gasteiger partial charge in [0.05, 0.1) is 22.6 Å². The number of anilines is 2. The summed E-state index contributed by atoms with van der Waals surface area (Å²) in [5.41, 5.74) is 3.19. The van der Waals surface area contributed by atoms with Gasteiger partial charge in [-0.05, 0) is 36.6 Å². The summed E-state index contributed by atoms with van der Waals surface area (Å²) in [6.45, 7) is 4.47. The number of halogens is 1. The Balaban J connectivity index is 2.16. The zero-order valence-electron chi connectivity index (χ0n) is 12.3. The number of hydrogen-bond donors (Lipinski definition) is 0. The third-order valence-corrected chi connectivity index (χ3v) is 3.98. The van der Waals surface area contributed by atoms with Gasteiger partial charge in [0.2, 0.25) is 0 Å². The first kappa shape index (κ1) is 14.9. The van der Waals surface area contributed by atoms with Gasteiger partial charge in [0.1, 0.15) is 0 Å². The number of aromatic nitrogens is 1. The molecule has 0 saturated carbocycles. The summed E-state index contributed by atoms with van der Waals surface area (Å²) in [6, 6.07) is 12.0. The Kier molecular flexibility index (Phi) is 5.02. The first-order valence-electron chi connectivity index (χ1n) is 7.05. The molecule has 0 radical (unpaired) electrons. The lowest BCUT2D eigenvalue weighted by molar-refractivity contribution is 0.553. The molecule has 0 N–H and O–H groups in total. The highest BCUT2D eigenvalue weighted by Gasteiger charge is 2.08. The van der Waals surface area contributed by atoms with Crippen molar-refractivity contribution >= 4 is 23.0 Å². The molecule has 0 aliphatic rings. The van der Waals surface area contributed by atoms with E-state index in [-0.39, 0.29) is 0 Å². The Morgan fingerprint density at radius 3 is 2.55 bits per heavy atom. The number of benzene rings is 1. The fourth-order valence-electron chi connectivity index (χ4n) is 2.10. The third kappa shape index (κ3) is 3.51. The number of pyridine rings is 1. The van der Waals surface area contributed by atoms with Gasteiger partial charge in [0.15, 0.2) is 0 Å². The van der Waals surface area contributed by atoms with Crippen LogP contribution < -0.4 is 4.90 Å². The zero-order chi connectivity index (χ0) is 14.5. The normalized spacial score (nSPS) is 12.2. The van der Waals surface area contributed by atoms with Crippen LogP contribution in [0.3, 0.4) is 0 Å². The van der Waals surface area contributed by atoms with Gasteiger partial charge < -0.3 is 4.90 Å². The maximum atomic E-state index is 6.23. The third-order valence-electron chi connectivity index (χ3n) is 3.66.